The molecular weight excluding hydrogens is 308 g/mol. The number of hydrogen-bond donors (Lipinski definition) is 1. The highest BCUT2D eigenvalue weighted by Crippen LogP contribution is 2.43. The van der Waals surface area contributed by atoms with E-state index in [0.717, 1.165) is 16.9 Å². The number of benzene rings is 1. The van der Waals surface area contributed by atoms with Crippen molar-refractivity contribution in [2.45, 2.75) is 26.2 Å². The van der Waals surface area contributed by atoms with Crippen LogP contribution in [0.1, 0.15) is 26.5 Å². The Labute approximate surface area is 140 Å². The Morgan fingerprint density at radius 1 is 0.958 bits per heavy atom. The predicted octanol–water partition coefficient (Wildman–Crippen LogP) is 3.05. The fourth-order valence-electron chi connectivity index (χ4n) is 2.62. The van der Waals surface area contributed by atoms with Crippen LogP contribution >= 0.6 is 0 Å². The topological polar surface area (TPSA) is 73.7 Å². The largest absolute Gasteiger partial charge is 0.493 e. The van der Waals surface area contributed by atoms with E-state index in [4.69, 9.17) is 14.2 Å². The Kier molecular flexibility index (Phi) is 3.87. The second kappa shape index (κ2) is 5.74. The SMILES string of the molecule is COc1ccc(-c2nnc3cc(C(C)(C)C)[nH]n23)c(OC)c1OC. The molecule has 3 aromatic rings. The minimum absolute atomic E-state index is 0.0142. The molecule has 0 atom stereocenters. The van der Waals surface area contributed by atoms with Gasteiger partial charge in [0.25, 0.3) is 0 Å². The van der Waals surface area contributed by atoms with Gasteiger partial charge in [-0.3, -0.25) is 5.10 Å². The Bertz CT molecular complexity index is 874. The summed E-state index contributed by atoms with van der Waals surface area (Å²) in [7, 11) is 4.76. The van der Waals surface area contributed by atoms with E-state index in [-0.39, 0.29) is 5.41 Å². The van der Waals surface area contributed by atoms with Gasteiger partial charge in [-0.05, 0) is 12.1 Å². The van der Waals surface area contributed by atoms with Crippen molar-refractivity contribution in [3.63, 3.8) is 0 Å². The molecule has 0 unspecified atom stereocenters. The van der Waals surface area contributed by atoms with E-state index in [0.29, 0.717) is 23.1 Å². The molecule has 24 heavy (non-hydrogen) atoms. The summed E-state index contributed by atoms with van der Waals surface area (Å²) in [6.07, 6.45) is 0. The molecular formula is C17H22N4O3. The summed E-state index contributed by atoms with van der Waals surface area (Å²) in [5, 5.41) is 11.9. The lowest BCUT2D eigenvalue weighted by Crippen LogP contribution is -2.12. The average molecular weight is 330 g/mol. The van der Waals surface area contributed by atoms with Crippen molar-refractivity contribution in [2.75, 3.05) is 21.3 Å². The van der Waals surface area contributed by atoms with E-state index in [9.17, 15) is 0 Å². The molecule has 2 heterocycles. The highest BCUT2D eigenvalue weighted by molar-refractivity contribution is 5.73. The zero-order valence-corrected chi connectivity index (χ0v) is 14.8. The van der Waals surface area contributed by atoms with Crippen LogP contribution < -0.4 is 14.2 Å². The van der Waals surface area contributed by atoms with Crippen LogP contribution in [0.5, 0.6) is 17.2 Å². The van der Waals surface area contributed by atoms with Crippen LogP contribution in [0.2, 0.25) is 0 Å². The standard InChI is InChI=1S/C17H22N4O3/c1-17(2,3)12-9-13-18-19-16(21(13)20-12)10-7-8-11(22-4)15(24-6)14(10)23-5/h7-9,20H,1-6H3. The highest BCUT2D eigenvalue weighted by Gasteiger charge is 2.23. The first kappa shape index (κ1) is 16.2. The first-order valence-corrected chi connectivity index (χ1v) is 7.64. The van der Waals surface area contributed by atoms with E-state index in [1.54, 1.807) is 21.3 Å². The van der Waals surface area contributed by atoms with E-state index >= 15 is 0 Å². The van der Waals surface area contributed by atoms with Gasteiger partial charge in [0.15, 0.2) is 23.0 Å². The molecule has 128 valence electrons. The highest BCUT2D eigenvalue weighted by atomic mass is 16.5. The fraction of sp³-hybridized carbons (Fsp3) is 0.412. The maximum Gasteiger partial charge on any atom is 0.204 e. The van der Waals surface area contributed by atoms with Gasteiger partial charge in [0.1, 0.15) is 0 Å². The van der Waals surface area contributed by atoms with Crippen LogP contribution in [0.3, 0.4) is 0 Å². The third-order valence-electron chi connectivity index (χ3n) is 3.95. The van der Waals surface area contributed by atoms with Crippen LogP contribution in [-0.4, -0.2) is 41.1 Å². The second-order valence-corrected chi connectivity index (χ2v) is 6.52. The molecule has 7 nitrogen and oxygen atoms in total. The molecule has 1 aromatic carbocycles. The van der Waals surface area contributed by atoms with Crippen LogP contribution in [0.4, 0.5) is 0 Å². The van der Waals surface area contributed by atoms with Crippen LogP contribution in [0, 0.1) is 0 Å². The predicted molar refractivity (Wildman–Crippen MR) is 91.1 cm³/mol. The van der Waals surface area contributed by atoms with E-state index in [2.05, 4.69) is 36.1 Å². The maximum atomic E-state index is 5.56. The monoisotopic (exact) mass is 330 g/mol. The minimum atomic E-state index is -0.0142. The van der Waals surface area contributed by atoms with Crippen molar-refractivity contribution in [3.8, 4) is 28.6 Å². The molecule has 0 aliphatic rings. The van der Waals surface area contributed by atoms with Crippen molar-refractivity contribution < 1.29 is 14.2 Å². The number of nitrogens with zero attached hydrogens (tertiary/aromatic N) is 3. The van der Waals surface area contributed by atoms with Crippen molar-refractivity contribution in [1.82, 2.24) is 19.8 Å². The molecule has 0 spiro atoms. The number of nitrogens with one attached hydrogen (secondary N) is 1. The minimum Gasteiger partial charge on any atom is -0.493 e. The second-order valence-electron chi connectivity index (χ2n) is 6.52. The van der Waals surface area contributed by atoms with Gasteiger partial charge >= 0.3 is 0 Å². The summed E-state index contributed by atoms with van der Waals surface area (Å²) in [6.45, 7) is 6.42. The van der Waals surface area contributed by atoms with Gasteiger partial charge in [0.05, 0.1) is 26.9 Å². The molecule has 0 fully saturated rings. The van der Waals surface area contributed by atoms with Crippen molar-refractivity contribution in [1.29, 1.82) is 0 Å². The Morgan fingerprint density at radius 2 is 1.67 bits per heavy atom. The van der Waals surface area contributed by atoms with Crippen LogP contribution in [0.25, 0.3) is 17.0 Å². The lowest BCUT2D eigenvalue weighted by molar-refractivity contribution is 0.325. The van der Waals surface area contributed by atoms with Gasteiger partial charge in [-0.1, -0.05) is 20.8 Å². The normalized spacial score (nSPS) is 11.8. The van der Waals surface area contributed by atoms with E-state index in [1.165, 1.54) is 0 Å². The first-order chi connectivity index (χ1) is 11.4. The number of aromatic amines is 1. The number of rotatable bonds is 4. The molecule has 0 saturated heterocycles. The van der Waals surface area contributed by atoms with Gasteiger partial charge in [-0.15, -0.1) is 10.2 Å². The van der Waals surface area contributed by atoms with Gasteiger partial charge in [-0.25, -0.2) is 4.52 Å². The summed E-state index contributed by atoms with van der Waals surface area (Å²) in [6, 6.07) is 5.71. The zero-order chi connectivity index (χ0) is 17.5. The van der Waals surface area contributed by atoms with Gasteiger partial charge in [-0.2, -0.15) is 0 Å². The van der Waals surface area contributed by atoms with Crippen molar-refractivity contribution >= 4 is 5.65 Å². The fourth-order valence-corrected chi connectivity index (χ4v) is 2.62. The molecule has 2 aromatic heterocycles. The summed E-state index contributed by atoms with van der Waals surface area (Å²) < 4.78 is 18.2. The summed E-state index contributed by atoms with van der Waals surface area (Å²) in [5.41, 5.74) is 2.59. The molecule has 0 amide bonds. The average Bonchev–Trinajstić information content (AvgIpc) is 3.13. The summed E-state index contributed by atoms with van der Waals surface area (Å²) in [4.78, 5) is 0. The summed E-state index contributed by atoms with van der Waals surface area (Å²) in [5.74, 6) is 2.33. The number of ether oxygens (including phenoxy) is 3. The quantitative estimate of drug-likeness (QED) is 0.796. The number of fused-ring (bicyclic) bond motifs is 1. The van der Waals surface area contributed by atoms with Gasteiger partial charge in [0.2, 0.25) is 5.75 Å². The number of aromatic nitrogens is 4. The molecule has 7 heteroatoms. The van der Waals surface area contributed by atoms with Gasteiger partial charge in [0, 0.05) is 17.2 Å². The van der Waals surface area contributed by atoms with Crippen LogP contribution in [-0.2, 0) is 5.41 Å². The third-order valence-corrected chi connectivity index (χ3v) is 3.95. The zero-order valence-electron chi connectivity index (χ0n) is 14.8. The third kappa shape index (κ3) is 2.46. The molecule has 0 radical (unpaired) electrons. The molecule has 3 rings (SSSR count). The summed E-state index contributed by atoms with van der Waals surface area (Å²) >= 11 is 0. The number of methoxy groups -OCH3 is 3. The van der Waals surface area contributed by atoms with Gasteiger partial charge < -0.3 is 14.2 Å². The Morgan fingerprint density at radius 3 is 2.25 bits per heavy atom. The number of hydrogen-bond acceptors (Lipinski definition) is 5. The molecule has 0 saturated carbocycles. The van der Waals surface area contributed by atoms with E-state index < -0.39 is 0 Å². The molecule has 0 bridgehead atoms. The number of H-pyrrole nitrogens is 1. The maximum absolute atomic E-state index is 5.56. The lowest BCUT2D eigenvalue weighted by atomic mass is 9.93. The smallest absolute Gasteiger partial charge is 0.204 e. The first-order valence-electron chi connectivity index (χ1n) is 7.64. The van der Waals surface area contributed by atoms with E-state index in [1.807, 2.05) is 22.7 Å². The Hall–Kier alpha value is -2.70. The van der Waals surface area contributed by atoms with Crippen LogP contribution in [0.15, 0.2) is 18.2 Å². The Balaban J connectivity index is 2.22. The lowest BCUT2D eigenvalue weighted by Gasteiger charge is -2.16. The van der Waals surface area contributed by atoms with Crippen molar-refractivity contribution in [2.24, 2.45) is 0 Å². The molecule has 0 aliphatic carbocycles. The van der Waals surface area contributed by atoms with Crippen molar-refractivity contribution in [3.05, 3.63) is 23.9 Å². The molecule has 1 N–H and O–H groups in total. The molecule has 0 aliphatic heterocycles.